The Morgan fingerprint density at radius 3 is 2.41 bits per heavy atom. The fraction of sp³-hybridized carbons (Fsp3) is 0.269. The minimum atomic E-state index is -0.668. The summed E-state index contributed by atoms with van der Waals surface area (Å²) in [5.41, 5.74) is 9.16. The van der Waals surface area contributed by atoms with Crippen molar-refractivity contribution in [3.05, 3.63) is 96.1 Å². The summed E-state index contributed by atoms with van der Waals surface area (Å²) in [5, 5.41) is 9.35. The molecule has 0 unspecified atom stereocenters. The van der Waals surface area contributed by atoms with Crippen LogP contribution in [0.25, 0.3) is 11.1 Å². The molecule has 1 aliphatic rings. The van der Waals surface area contributed by atoms with Crippen LogP contribution >= 0.6 is 0 Å². The van der Waals surface area contributed by atoms with Crippen LogP contribution in [0.2, 0.25) is 0 Å². The topological polar surface area (TPSA) is 71.6 Å². The number of hydrogen-bond acceptors (Lipinski definition) is 5. The number of nitrogen functional groups attached to an aromatic ring is 1. The second-order valence-electron chi connectivity index (χ2n) is 8.10. The Morgan fingerprint density at radius 1 is 1.09 bits per heavy atom. The number of aromatic nitrogens is 1. The van der Waals surface area contributed by atoms with E-state index >= 15 is 0 Å². The lowest BCUT2D eigenvalue weighted by Gasteiger charge is -2.40. The molecule has 6 heteroatoms. The Labute approximate surface area is 188 Å². The number of anilines is 1. The molecule has 0 saturated heterocycles. The minimum Gasteiger partial charge on any atom is -0.396 e. The number of nitrogens with zero attached hydrogens (tertiary/aromatic N) is 2. The molecule has 3 N–H and O–H groups in total. The molecule has 0 saturated carbocycles. The van der Waals surface area contributed by atoms with Crippen LogP contribution in [0.3, 0.4) is 0 Å². The summed E-state index contributed by atoms with van der Waals surface area (Å²) in [6.07, 6.45) is 7.06. The Morgan fingerprint density at radius 2 is 1.81 bits per heavy atom. The molecule has 1 aromatic heterocycles. The van der Waals surface area contributed by atoms with Gasteiger partial charge < -0.3 is 20.5 Å². The normalized spacial score (nSPS) is 19.2. The van der Waals surface area contributed by atoms with Gasteiger partial charge in [0.1, 0.15) is 24.0 Å². The molecule has 0 spiro atoms. The molecule has 0 bridgehead atoms. The van der Waals surface area contributed by atoms with Crippen molar-refractivity contribution in [3.63, 3.8) is 0 Å². The lowest BCUT2D eigenvalue weighted by Crippen LogP contribution is -2.38. The highest BCUT2D eigenvalue weighted by Crippen LogP contribution is 2.37. The highest BCUT2D eigenvalue weighted by Gasteiger charge is 2.34. The van der Waals surface area contributed by atoms with E-state index < -0.39 is 5.60 Å². The maximum atomic E-state index is 13.4. The average molecular weight is 434 g/mol. The second kappa shape index (κ2) is 9.51. The maximum absolute atomic E-state index is 13.4. The molecular formula is C26H28FN3O2. The largest absolute Gasteiger partial charge is 0.396 e. The van der Waals surface area contributed by atoms with Gasteiger partial charge in [-0.15, -0.1) is 0 Å². The smallest absolute Gasteiger partial charge is 0.123 e. The molecule has 32 heavy (non-hydrogen) atoms. The summed E-state index contributed by atoms with van der Waals surface area (Å²) in [7, 11) is 0. The van der Waals surface area contributed by atoms with Crippen LogP contribution in [0.5, 0.6) is 0 Å². The third-order valence-corrected chi connectivity index (χ3v) is 6.06. The van der Waals surface area contributed by atoms with Crippen molar-refractivity contribution < 1.29 is 14.2 Å². The fourth-order valence-electron chi connectivity index (χ4n) is 4.01. The molecule has 166 valence electrons. The molecular weight excluding hydrogens is 405 g/mol. The first-order chi connectivity index (χ1) is 15.5. The standard InChI is InChI=1S/C26H28FN3O2/c1-19(20-3-5-21(6-4-20)22-7-12-25(28)29-17-22)30-15-14-26(32-18-30,13-2-16-31)23-8-10-24(27)11-9-23/h3-12,14-15,17,19,31H,2,13,16,18H2,1H3,(H2,28,29)/t19-,26+/m0/s1. The highest BCUT2D eigenvalue weighted by molar-refractivity contribution is 5.63. The summed E-state index contributed by atoms with van der Waals surface area (Å²) in [4.78, 5) is 6.28. The van der Waals surface area contributed by atoms with Gasteiger partial charge in [0.05, 0.1) is 6.04 Å². The van der Waals surface area contributed by atoms with Crippen LogP contribution in [-0.2, 0) is 10.3 Å². The van der Waals surface area contributed by atoms with E-state index in [2.05, 4.69) is 41.1 Å². The van der Waals surface area contributed by atoms with Crippen molar-refractivity contribution in [1.29, 1.82) is 0 Å². The van der Waals surface area contributed by atoms with Gasteiger partial charge >= 0.3 is 0 Å². The molecule has 0 aliphatic carbocycles. The fourth-order valence-corrected chi connectivity index (χ4v) is 4.01. The number of halogens is 1. The van der Waals surface area contributed by atoms with Crippen LogP contribution in [0, 0.1) is 5.82 Å². The van der Waals surface area contributed by atoms with Gasteiger partial charge in [0, 0.05) is 24.6 Å². The Kier molecular flexibility index (Phi) is 6.53. The first kappa shape index (κ1) is 22.0. The molecule has 3 aromatic rings. The van der Waals surface area contributed by atoms with E-state index in [0.29, 0.717) is 25.4 Å². The van der Waals surface area contributed by atoms with E-state index in [0.717, 1.165) is 22.3 Å². The van der Waals surface area contributed by atoms with Gasteiger partial charge in [-0.2, -0.15) is 0 Å². The van der Waals surface area contributed by atoms with Crippen LogP contribution < -0.4 is 5.73 Å². The average Bonchev–Trinajstić information content (AvgIpc) is 2.84. The lowest BCUT2D eigenvalue weighted by molar-refractivity contribution is -0.0887. The molecule has 0 fully saturated rings. The van der Waals surface area contributed by atoms with E-state index in [1.54, 1.807) is 24.4 Å². The van der Waals surface area contributed by atoms with Crippen LogP contribution in [0.15, 0.2) is 79.1 Å². The number of ether oxygens (including phenoxy) is 1. The van der Waals surface area contributed by atoms with Crippen molar-refractivity contribution in [2.24, 2.45) is 0 Å². The predicted octanol–water partition coefficient (Wildman–Crippen LogP) is 5.00. The predicted molar refractivity (Wildman–Crippen MR) is 124 cm³/mol. The van der Waals surface area contributed by atoms with Crippen LogP contribution in [0.4, 0.5) is 10.2 Å². The maximum Gasteiger partial charge on any atom is 0.123 e. The van der Waals surface area contributed by atoms with Crippen molar-refractivity contribution in [2.45, 2.75) is 31.4 Å². The zero-order valence-electron chi connectivity index (χ0n) is 18.1. The van der Waals surface area contributed by atoms with Crippen molar-refractivity contribution in [2.75, 3.05) is 19.1 Å². The van der Waals surface area contributed by atoms with Crippen LogP contribution in [0.1, 0.15) is 36.9 Å². The van der Waals surface area contributed by atoms with E-state index in [9.17, 15) is 9.50 Å². The molecule has 4 rings (SSSR count). The number of nitrogens with two attached hydrogens (primary N) is 1. The summed E-state index contributed by atoms with van der Waals surface area (Å²) >= 11 is 0. The number of aliphatic hydroxyl groups is 1. The van der Waals surface area contributed by atoms with Gasteiger partial charge in [-0.1, -0.05) is 36.4 Å². The van der Waals surface area contributed by atoms with Crippen molar-refractivity contribution >= 4 is 5.82 Å². The van der Waals surface area contributed by atoms with Gasteiger partial charge in [-0.05, 0) is 66.8 Å². The number of aliphatic hydroxyl groups excluding tert-OH is 1. The molecule has 5 nitrogen and oxygen atoms in total. The minimum absolute atomic E-state index is 0.0795. The van der Waals surface area contributed by atoms with Crippen molar-refractivity contribution in [1.82, 2.24) is 9.88 Å². The quantitative estimate of drug-likeness (QED) is 0.549. The van der Waals surface area contributed by atoms with Gasteiger partial charge in [-0.3, -0.25) is 0 Å². The van der Waals surface area contributed by atoms with Gasteiger partial charge in [0.2, 0.25) is 0 Å². The van der Waals surface area contributed by atoms with E-state index in [4.69, 9.17) is 10.5 Å². The molecule has 2 aromatic carbocycles. The SMILES string of the molecule is C[C@@H](c1ccc(-c2ccc(N)nc2)cc1)N1C=C[C@](CCCO)(c2ccc(F)cc2)OC1. The molecule has 2 atom stereocenters. The number of rotatable bonds is 7. The first-order valence-corrected chi connectivity index (χ1v) is 10.8. The van der Waals surface area contributed by atoms with Gasteiger partial charge in [0.25, 0.3) is 0 Å². The van der Waals surface area contributed by atoms with E-state index in [1.165, 1.54) is 12.1 Å². The Bertz CT molecular complexity index is 1050. The third kappa shape index (κ3) is 4.66. The second-order valence-corrected chi connectivity index (χ2v) is 8.10. The zero-order chi connectivity index (χ0) is 22.6. The summed E-state index contributed by atoms with van der Waals surface area (Å²) in [6, 6.07) is 18.6. The summed E-state index contributed by atoms with van der Waals surface area (Å²) in [6.45, 7) is 2.60. The lowest BCUT2D eigenvalue weighted by atomic mass is 9.88. The Balaban J connectivity index is 1.51. The highest BCUT2D eigenvalue weighted by atomic mass is 19.1. The molecule has 0 amide bonds. The zero-order valence-corrected chi connectivity index (χ0v) is 18.1. The van der Waals surface area contributed by atoms with Crippen LogP contribution in [-0.4, -0.2) is 28.3 Å². The molecule has 1 aliphatic heterocycles. The summed E-state index contributed by atoms with van der Waals surface area (Å²) < 4.78 is 19.8. The monoisotopic (exact) mass is 433 g/mol. The van der Waals surface area contributed by atoms with E-state index in [1.807, 2.05) is 18.3 Å². The van der Waals surface area contributed by atoms with Gasteiger partial charge in [0.15, 0.2) is 0 Å². The Hall–Kier alpha value is -3.22. The third-order valence-electron chi connectivity index (χ3n) is 6.06. The summed E-state index contributed by atoms with van der Waals surface area (Å²) in [5.74, 6) is 0.228. The number of pyridine rings is 1. The first-order valence-electron chi connectivity index (χ1n) is 10.8. The van der Waals surface area contributed by atoms with Crippen molar-refractivity contribution in [3.8, 4) is 11.1 Å². The molecule has 2 heterocycles. The number of benzene rings is 2. The number of hydrogen-bond donors (Lipinski definition) is 2. The van der Waals surface area contributed by atoms with E-state index in [-0.39, 0.29) is 18.5 Å². The van der Waals surface area contributed by atoms with Gasteiger partial charge in [-0.25, -0.2) is 9.37 Å². The molecule has 0 radical (unpaired) electrons.